The normalized spacial score (nSPS) is 10.9. The molecule has 4 nitrogen and oxygen atoms in total. The number of anilines is 1. The van der Waals surface area contributed by atoms with Crippen LogP contribution in [0.1, 0.15) is 39.7 Å². The van der Waals surface area contributed by atoms with E-state index in [1.807, 2.05) is 86.9 Å². The molecule has 0 aliphatic rings. The van der Waals surface area contributed by atoms with Crippen molar-refractivity contribution in [1.82, 2.24) is 4.57 Å². The van der Waals surface area contributed by atoms with Gasteiger partial charge in [-0.25, -0.2) is 0 Å². The van der Waals surface area contributed by atoms with Crippen LogP contribution in [-0.4, -0.2) is 10.5 Å². The Morgan fingerprint density at radius 2 is 1.65 bits per heavy atom. The topological polar surface area (TPSA) is 51.1 Å². The number of nitrogens with zero attached hydrogens (tertiary/aromatic N) is 1. The van der Waals surface area contributed by atoms with Crippen molar-refractivity contribution in [3.63, 3.8) is 0 Å². The van der Waals surface area contributed by atoms with E-state index in [4.69, 9.17) is 11.6 Å². The number of aromatic nitrogens is 1. The summed E-state index contributed by atoms with van der Waals surface area (Å²) >= 11 is 6.13. The molecule has 5 heteroatoms. The minimum atomic E-state index is -0.423. The number of halogens is 1. The highest BCUT2D eigenvalue weighted by atomic mass is 35.5. The van der Waals surface area contributed by atoms with Crippen molar-refractivity contribution < 1.29 is 4.79 Å². The molecule has 0 bridgehead atoms. The minimum Gasteiger partial charge on any atom is -0.321 e. The lowest BCUT2D eigenvalue weighted by molar-refractivity contribution is 0.102. The molecule has 0 atom stereocenters. The molecule has 4 rings (SSSR count). The van der Waals surface area contributed by atoms with Crippen molar-refractivity contribution in [2.45, 2.75) is 34.1 Å². The lowest BCUT2D eigenvalue weighted by atomic mass is 10.00. The van der Waals surface area contributed by atoms with Gasteiger partial charge in [-0.3, -0.25) is 9.59 Å². The zero-order valence-electron chi connectivity index (χ0n) is 19.8. The van der Waals surface area contributed by atoms with E-state index in [9.17, 15) is 9.59 Å². The van der Waals surface area contributed by atoms with Crippen LogP contribution in [0.4, 0.5) is 5.69 Å². The third-order valence-electron chi connectivity index (χ3n) is 5.98. The van der Waals surface area contributed by atoms with Crippen LogP contribution in [-0.2, 0) is 6.42 Å². The monoisotopic (exact) mass is 470 g/mol. The first-order valence-electron chi connectivity index (χ1n) is 11.3. The van der Waals surface area contributed by atoms with Crippen molar-refractivity contribution in [3.05, 3.63) is 116 Å². The molecule has 0 saturated carbocycles. The van der Waals surface area contributed by atoms with Gasteiger partial charge < -0.3 is 9.88 Å². The number of nitrogens with one attached hydrogen (secondary N) is 1. The van der Waals surface area contributed by atoms with E-state index in [1.54, 1.807) is 12.1 Å². The molecule has 1 N–H and O–H groups in total. The molecule has 1 aromatic heterocycles. The Morgan fingerprint density at radius 3 is 2.32 bits per heavy atom. The number of benzene rings is 3. The molecule has 0 spiro atoms. The van der Waals surface area contributed by atoms with Gasteiger partial charge in [-0.15, -0.1) is 0 Å². The van der Waals surface area contributed by atoms with Crippen LogP contribution in [0.15, 0.2) is 77.6 Å². The van der Waals surface area contributed by atoms with Gasteiger partial charge in [0.25, 0.3) is 5.91 Å². The summed E-state index contributed by atoms with van der Waals surface area (Å²) in [6.07, 6.45) is 0.769. The predicted octanol–water partition coefficient (Wildman–Crippen LogP) is 6.90. The van der Waals surface area contributed by atoms with E-state index < -0.39 is 5.91 Å². The maximum absolute atomic E-state index is 13.7. The van der Waals surface area contributed by atoms with Crippen molar-refractivity contribution >= 4 is 23.2 Å². The van der Waals surface area contributed by atoms with Crippen LogP contribution >= 0.6 is 11.6 Å². The number of hydrogen-bond acceptors (Lipinski definition) is 2. The van der Waals surface area contributed by atoms with Crippen LogP contribution in [0.2, 0.25) is 5.02 Å². The van der Waals surface area contributed by atoms with Crippen molar-refractivity contribution in [1.29, 1.82) is 0 Å². The largest absolute Gasteiger partial charge is 0.321 e. The molecule has 0 fully saturated rings. The van der Waals surface area contributed by atoms with Crippen molar-refractivity contribution in [2.24, 2.45) is 0 Å². The quantitative estimate of drug-likeness (QED) is 0.345. The maximum atomic E-state index is 13.7. The number of hydrogen-bond donors (Lipinski definition) is 1. The summed E-state index contributed by atoms with van der Waals surface area (Å²) in [7, 11) is 0. The van der Waals surface area contributed by atoms with E-state index in [0.29, 0.717) is 10.7 Å². The second-order valence-electron chi connectivity index (χ2n) is 8.47. The zero-order valence-corrected chi connectivity index (χ0v) is 20.5. The minimum absolute atomic E-state index is 0.108. The number of amides is 1. The first kappa shape index (κ1) is 23.5. The molecule has 1 amide bonds. The number of aryl methyl sites for hydroxylation is 4. The van der Waals surface area contributed by atoms with Gasteiger partial charge in [0.2, 0.25) is 0 Å². The third kappa shape index (κ3) is 4.55. The fourth-order valence-corrected chi connectivity index (χ4v) is 4.44. The van der Waals surface area contributed by atoms with E-state index in [1.165, 1.54) is 6.07 Å². The summed E-state index contributed by atoms with van der Waals surface area (Å²) in [6.45, 7) is 7.86. The molecular formula is C29H27ClN2O2. The molecule has 0 radical (unpaired) electrons. The zero-order chi connectivity index (χ0) is 24.4. The second-order valence-corrected chi connectivity index (χ2v) is 8.91. The summed E-state index contributed by atoms with van der Waals surface area (Å²) in [5.41, 5.74) is 6.45. The Hall–Kier alpha value is -3.63. The van der Waals surface area contributed by atoms with Crippen molar-refractivity contribution in [2.75, 3.05) is 5.32 Å². The molecule has 1 heterocycles. The smallest absolute Gasteiger partial charge is 0.261 e. The molecular weight excluding hydrogens is 444 g/mol. The van der Waals surface area contributed by atoms with Gasteiger partial charge >= 0.3 is 0 Å². The molecule has 34 heavy (non-hydrogen) atoms. The van der Waals surface area contributed by atoms with Crippen molar-refractivity contribution in [3.8, 4) is 16.9 Å². The Bertz CT molecular complexity index is 1440. The van der Waals surface area contributed by atoms with Gasteiger partial charge in [0, 0.05) is 28.2 Å². The van der Waals surface area contributed by atoms with Crippen LogP contribution < -0.4 is 10.7 Å². The molecule has 0 aliphatic carbocycles. The number of carbonyl (C=O) groups is 1. The van der Waals surface area contributed by atoms with Gasteiger partial charge in [-0.1, -0.05) is 60.5 Å². The highest BCUT2D eigenvalue weighted by molar-refractivity contribution is 6.30. The predicted molar refractivity (Wildman–Crippen MR) is 140 cm³/mol. The first-order valence-corrected chi connectivity index (χ1v) is 11.7. The number of rotatable bonds is 5. The van der Waals surface area contributed by atoms with E-state index in [-0.39, 0.29) is 11.0 Å². The fraction of sp³-hybridized carbons (Fsp3) is 0.172. The molecule has 0 aliphatic heterocycles. The standard InChI is InChI=1S/C29H27ClN2O2/c1-5-21-10-7-9-19(3)27(21)31-29(34)26-25(33)17-20(4)32(24-14-12-23(30)13-15-24)28(26)22-11-6-8-18(2)16-22/h6-17H,5H2,1-4H3,(H,31,34). The summed E-state index contributed by atoms with van der Waals surface area (Å²) in [5.74, 6) is -0.423. The molecule has 3 aromatic carbocycles. The summed E-state index contributed by atoms with van der Waals surface area (Å²) in [6, 6.07) is 22.6. The van der Waals surface area contributed by atoms with Gasteiger partial charge in [0.1, 0.15) is 5.56 Å². The van der Waals surface area contributed by atoms with Crippen LogP contribution in [0.5, 0.6) is 0 Å². The number of para-hydroxylation sites is 1. The van der Waals surface area contributed by atoms with Gasteiger partial charge in [0.15, 0.2) is 5.43 Å². The Labute approximate surface area is 204 Å². The van der Waals surface area contributed by atoms with E-state index in [0.717, 1.165) is 45.7 Å². The van der Waals surface area contributed by atoms with E-state index in [2.05, 4.69) is 5.32 Å². The fourth-order valence-electron chi connectivity index (χ4n) is 4.32. The molecule has 172 valence electrons. The summed E-state index contributed by atoms with van der Waals surface area (Å²) < 4.78 is 1.94. The lowest BCUT2D eigenvalue weighted by Gasteiger charge is -2.21. The maximum Gasteiger partial charge on any atom is 0.261 e. The number of pyridine rings is 1. The lowest BCUT2D eigenvalue weighted by Crippen LogP contribution is -2.27. The summed E-state index contributed by atoms with van der Waals surface area (Å²) in [4.78, 5) is 27.1. The van der Waals surface area contributed by atoms with E-state index >= 15 is 0 Å². The first-order chi connectivity index (χ1) is 16.3. The Kier molecular flexibility index (Phi) is 6.71. The van der Waals surface area contributed by atoms with Crippen LogP contribution in [0, 0.1) is 20.8 Å². The molecule has 4 aromatic rings. The second kappa shape index (κ2) is 9.70. The van der Waals surface area contributed by atoms with Gasteiger partial charge in [0.05, 0.1) is 5.69 Å². The van der Waals surface area contributed by atoms with Crippen LogP contribution in [0.3, 0.4) is 0 Å². The SMILES string of the molecule is CCc1cccc(C)c1NC(=O)c1c(-c2cccc(C)c2)n(-c2ccc(Cl)cc2)c(C)cc1=O. The third-order valence-corrected chi connectivity index (χ3v) is 6.23. The molecule has 0 unspecified atom stereocenters. The number of carbonyl (C=O) groups excluding carboxylic acids is 1. The summed E-state index contributed by atoms with van der Waals surface area (Å²) in [5, 5.41) is 3.66. The Morgan fingerprint density at radius 1 is 0.941 bits per heavy atom. The average molecular weight is 471 g/mol. The Balaban J connectivity index is 1.99. The average Bonchev–Trinajstić information content (AvgIpc) is 2.80. The molecule has 0 saturated heterocycles. The highest BCUT2D eigenvalue weighted by Crippen LogP contribution is 2.30. The highest BCUT2D eigenvalue weighted by Gasteiger charge is 2.23. The van der Waals surface area contributed by atoms with Crippen LogP contribution in [0.25, 0.3) is 16.9 Å². The van der Waals surface area contributed by atoms with Gasteiger partial charge in [-0.05, 0) is 74.2 Å². The van der Waals surface area contributed by atoms with Gasteiger partial charge in [-0.2, -0.15) is 0 Å².